The van der Waals surface area contributed by atoms with E-state index >= 15 is 0 Å². The lowest BCUT2D eigenvalue weighted by Gasteiger charge is -2.12. The Labute approximate surface area is 143 Å². The van der Waals surface area contributed by atoms with Crippen molar-refractivity contribution in [1.29, 1.82) is 0 Å². The minimum Gasteiger partial charge on any atom is -0.415 e. The second kappa shape index (κ2) is 6.47. The van der Waals surface area contributed by atoms with E-state index in [-0.39, 0.29) is 22.2 Å². The molecule has 0 aliphatic rings. The summed E-state index contributed by atoms with van der Waals surface area (Å²) < 4.78 is 81.2. The third-order valence-electron chi connectivity index (χ3n) is 3.56. The molecule has 0 bridgehead atoms. The molecule has 0 amide bonds. The number of nitrogens with zero attached hydrogens (tertiary/aromatic N) is 2. The van der Waals surface area contributed by atoms with E-state index in [0.29, 0.717) is 17.7 Å². The first-order valence-corrected chi connectivity index (χ1v) is 7.24. The standard InChI is InChI=1S/C17H10F6N2O/c1-8-4-10(9-2-3-12(18)11(6-9)17(21,22)23)15-13(5-8)25-14(7-24-15)26-16(19)20/h2-7,16H,1H3. The highest BCUT2D eigenvalue weighted by atomic mass is 19.4. The Kier molecular flexibility index (Phi) is 4.47. The summed E-state index contributed by atoms with van der Waals surface area (Å²) in [5, 5.41) is 0. The summed E-state index contributed by atoms with van der Waals surface area (Å²) in [7, 11) is 0. The summed E-state index contributed by atoms with van der Waals surface area (Å²) in [6.45, 7) is -1.43. The van der Waals surface area contributed by atoms with Crippen molar-refractivity contribution in [2.75, 3.05) is 0 Å². The summed E-state index contributed by atoms with van der Waals surface area (Å²) >= 11 is 0. The Morgan fingerprint density at radius 3 is 2.46 bits per heavy atom. The zero-order valence-electron chi connectivity index (χ0n) is 13.1. The third-order valence-corrected chi connectivity index (χ3v) is 3.56. The lowest BCUT2D eigenvalue weighted by molar-refractivity contribution is -0.139. The predicted molar refractivity (Wildman–Crippen MR) is 81.3 cm³/mol. The van der Waals surface area contributed by atoms with Gasteiger partial charge in [0.05, 0.1) is 22.8 Å². The maximum absolute atomic E-state index is 13.5. The molecule has 3 nitrogen and oxygen atoms in total. The molecule has 26 heavy (non-hydrogen) atoms. The van der Waals surface area contributed by atoms with E-state index in [1.54, 1.807) is 13.0 Å². The summed E-state index contributed by atoms with van der Waals surface area (Å²) in [5.74, 6) is -1.81. The molecule has 0 fully saturated rings. The number of halogens is 6. The second-order valence-electron chi connectivity index (χ2n) is 5.46. The normalized spacial score (nSPS) is 12.0. The average molecular weight is 372 g/mol. The van der Waals surface area contributed by atoms with Gasteiger partial charge in [-0.05, 0) is 42.3 Å². The quantitative estimate of drug-likeness (QED) is 0.580. The van der Waals surface area contributed by atoms with Crippen molar-refractivity contribution in [2.24, 2.45) is 0 Å². The molecule has 2 aromatic carbocycles. The Hall–Kier alpha value is -2.84. The number of alkyl halides is 5. The van der Waals surface area contributed by atoms with Gasteiger partial charge in [0.15, 0.2) is 0 Å². The Balaban J connectivity index is 2.19. The van der Waals surface area contributed by atoms with Crippen LogP contribution >= 0.6 is 0 Å². The summed E-state index contributed by atoms with van der Waals surface area (Å²) in [5.41, 5.74) is -0.122. The Morgan fingerprint density at radius 1 is 1.08 bits per heavy atom. The van der Waals surface area contributed by atoms with E-state index in [1.165, 1.54) is 12.1 Å². The molecule has 0 spiro atoms. The highest BCUT2D eigenvalue weighted by molar-refractivity contribution is 5.92. The maximum Gasteiger partial charge on any atom is 0.419 e. The number of hydrogen-bond acceptors (Lipinski definition) is 3. The van der Waals surface area contributed by atoms with Gasteiger partial charge in [0.25, 0.3) is 0 Å². The number of rotatable bonds is 3. The molecule has 0 aliphatic heterocycles. The molecular weight excluding hydrogens is 362 g/mol. The first kappa shape index (κ1) is 18.0. The van der Waals surface area contributed by atoms with Crippen LogP contribution < -0.4 is 4.74 Å². The van der Waals surface area contributed by atoms with Crippen LogP contribution in [0.5, 0.6) is 5.88 Å². The van der Waals surface area contributed by atoms with Gasteiger partial charge in [-0.3, -0.25) is 0 Å². The van der Waals surface area contributed by atoms with Crippen LogP contribution in [0.3, 0.4) is 0 Å². The fraction of sp³-hybridized carbons (Fsp3) is 0.176. The van der Waals surface area contributed by atoms with E-state index in [0.717, 1.165) is 6.20 Å². The van der Waals surface area contributed by atoms with Gasteiger partial charge >= 0.3 is 12.8 Å². The fourth-order valence-corrected chi connectivity index (χ4v) is 2.53. The van der Waals surface area contributed by atoms with Crippen molar-refractivity contribution in [2.45, 2.75) is 19.7 Å². The van der Waals surface area contributed by atoms with Crippen LogP contribution in [-0.2, 0) is 6.18 Å². The molecule has 1 heterocycles. The van der Waals surface area contributed by atoms with Crippen LogP contribution in [0.1, 0.15) is 11.1 Å². The van der Waals surface area contributed by atoms with Gasteiger partial charge in [0.2, 0.25) is 5.88 Å². The number of aromatic nitrogens is 2. The van der Waals surface area contributed by atoms with Gasteiger partial charge < -0.3 is 4.74 Å². The molecule has 3 aromatic rings. The average Bonchev–Trinajstić information content (AvgIpc) is 2.52. The molecule has 0 atom stereocenters. The van der Waals surface area contributed by atoms with Crippen molar-refractivity contribution in [1.82, 2.24) is 9.97 Å². The van der Waals surface area contributed by atoms with Crippen LogP contribution in [-0.4, -0.2) is 16.6 Å². The van der Waals surface area contributed by atoms with E-state index in [1.807, 2.05) is 0 Å². The van der Waals surface area contributed by atoms with E-state index in [4.69, 9.17) is 0 Å². The molecular formula is C17H10F6N2O. The Morgan fingerprint density at radius 2 is 1.81 bits per heavy atom. The maximum atomic E-state index is 13.5. The lowest BCUT2D eigenvalue weighted by Crippen LogP contribution is -2.08. The van der Waals surface area contributed by atoms with Gasteiger partial charge in [-0.2, -0.15) is 22.0 Å². The third kappa shape index (κ3) is 3.56. The van der Waals surface area contributed by atoms with Crippen LogP contribution in [0.25, 0.3) is 22.2 Å². The first-order valence-electron chi connectivity index (χ1n) is 7.24. The van der Waals surface area contributed by atoms with E-state index in [9.17, 15) is 26.3 Å². The smallest absolute Gasteiger partial charge is 0.415 e. The molecule has 0 radical (unpaired) electrons. The molecule has 0 saturated carbocycles. The summed E-state index contributed by atoms with van der Waals surface area (Å²) in [4.78, 5) is 7.86. The first-order chi connectivity index (χ1) is 12.1. The number of ether oxygens (including phenoxy) is 1. The number of aryl methyl sites for hydroxylation is 1. The van der Waals surface area contributed by atoms with Crippen LogP contribution in [0, 0.1) is 12.7 Å². The van der Waals surface area contributed by atoms with E-state index < -0.39 is 30.0 Å². The van der Waals surface area contributed by atoms with Crippen molar-refractivity contribution >= 4 is 11.0 Å². The SMILES string of the molecule is Cc1cc(-c2ccc(F)c(C(F)(F)F)c2)c2ncc(OC(F)F)nc2c1. The molecule has 0 saturated heterocycles. The highest BCUT2D eigenvalue weighted by Crippen LogP contribution is 2.36. The van der Waals surface area contributed by atoms with Gasteiger partial charge in [0, 0.05) is 5.56 Å². The summed E-state index contributed by atoms with van der Waals surface area (Å²) in [6, 6.07) is 5.66. The molecule has 0 N–H and O–H groups in total. The van der Waals surface area contributed by atoms with Crippen LogP contribution in [0.4, 0.5) is 26.3 Å². The Bertz CT molecular complexity index is 971. The monoisotopic (exact) mass is 372 g/mol. The van der Waals surface area contributed by atoms with Crippen molar-refractivity contribution in [3.8, 4) is 17.0 Å². The fourth-order valence-electron chi connectivity index (χ4n) is 2.53. The predicted octanol–water partition coefficient (Wildman–Crippen LogP) is 5.36. The number of hydrogen-bond donors (Lipinski definition) is 0. The largest absolute Gasteiger partial charge is 0.419 e. The summed E-state index contributed by atoms with van der Waals surface area (Å²) in [6.07, 6.45) is -3.91. The van der Waals surface area contributed by atoms with Crippen molar-refractivity contribution in [3.63, 3.8) is 0 Å². The molecule has 136 valence electrons. The molecule has 1 aromatic heterocycles. The molecule has 0 aliphatic carbocycles. The van der Waals surface area contributed by atoms with Gasteiger partial charge in [-0.25, -0.2) is 14.4 Å². The molecule has 9 heteroatoms. The lowest BCUT2D eigenvalue weighted by atomic mass is 9.99. The number of fused-ring (bicyclic) bond motifs is 1. The van der Waals surface area contributed by atoms with E-state index in [2.05, 4.69) is 14.7 Å². The van der Waals surface area contributed by atoms with Gasteiger partial charge in [-0.1, -0.05) is 6.07 Å². The molecule has 3 rings (SSSR count). The van der Waals surface area contributed by atoms with Gasteiger partial charge in [-0.15, -0.1) is 0 Å². The van der Waals surface area contributed by atoms with Crippen LogP contribution in [0.15, 0.2) is 36.5 Å². The van der Waals surface area contributed by atoms with Crippen molar-refractivity contribution < 1.29 is 31.1 Å². The van der Waals surface area contributed by atoms with Gasteiger partial charge in [0.1, 0.15) is 5.82 Å². The highest BCUT2D eigenvalue weighted by Gasteiger charge is 2.34. The minimum atomic E-state index is -4.86. The minimum absolute atomic E-state index is 0.0734. The second-order valence-corrected chi connectivity index (χ2v) is 5.46. The number of benzene rings is 2. The zero-order valence-corrected chi connectivity index (χ0v) is 13.1. The zero-order chi connectivity index (χ0) is 19.1. The topological polar surface area (TPSA) is 35.0 Å². The van der Waals surface area contributed by atoms with Crippen LogP contribution in [0.2, 0.25) is 0 Å². The van der Waals surface area contributed by atoms with Crippen molar-refractivity contribution in [3.05, 3.63) is 53.5 Å². The molecule has 0 unspecified atom stereocenters.